The smallest absolute Gasteiger partial charge is 0.410 e. The maximum Gasteiger partial charge on any atom is 0.410 e. The molecule has 0 aromatic carbocycles. The second kappa shape index (κ2) is 3.35. The van der Waals surface area contributed by atoms with E-state index in [9.17, 15) is 15.0 Å². The third-order valence-corrected chi connectivity index (χ3v) is 2.39. The molecule has 5 unspecified atom stereocenters. The molecule has 2 saturated heterocycles. The first kappa shape index (κ1) is 9.66. The molecule has 1 amide bonds. The maximum atomic E-state index is 10.8. The van der Waals surface area contributed by atoms with Crippen LogP contribution in [0.5, 0.6) is 0 Å². The van der Waals surface area contributed by atoms with E-state index < -0.39 is 43.3 Å². The zero-order chi connectivity index (χ0) is 10.3. The molecule has 0 aromatic rings. The minimum absolute atomic E-state index is 0.445. The first-order valence-corrected chi connectivity index (χ1v) is 4.23. The summed E-state index contributed by atoms with van der Waals surface area (Å²) in [6.07, 6.45) is -5.01. The van der Waals surface area contributed by atoms with Crippen molar-refractivity contribution in [3.8, 4) is 0 Å². The second-order valence-corrected chi connectivity index (χ2v) is 3.28. The van der Waals surface area contributed by atoms with Gasteiger partial charge in [0.2, 0.25) is 6.29 Å². The number of aliphatic hydroxyl groups excluding tert-OH is 3. The largest absolute Gasteiger partial charge is 0.417 e. The van der Waals surface area contributed by atoms with Gasteiger partial charge in [0.15, 0.2) is 0 Å². The van der Waals surface area contributed by atoms with E-state index in [1.807, 2.05) is 0 Å². The number of hydrogen-bond donors (Lipinski definition) is 4. The normalized spacial score (nSPS) is 46.8. The number of carbonyl (C=O) groups is 1. The van der Waals surface area contributed by atoms with E-state index in [0.29, 0.717) is 0 Å². The van der Waals surface area contributed by atoms with E-state index in [0.717, 1.165) is 0 Å². The summed E-state index contributed by atoms with van der Waals surface area (Å²) in [5.41, 5.74) is 0. The van der Waals surface area contributed by atoms with Gasteiger partial charge in [-0.25, -0.2) is 4.79 Å². The lowest BCUT2D eigenvalue weighted by molar-refractivity contribution is -0.234. The Hall–Kier alpha value is -0.890. The number of carbonyl (C=O) groups excluding carboxylic acids is 1. The minimum atomic E-state index is -1.23. The van der Waals surface area contributed by atoms with Crippen LogP contribution in [0.15, 0.2) is 0 Å². The Bertz CT molecular complexity index is 246. The van der Waals surface area contributed by atoms with Crippen LogP contribution in [0.25, 0.3) is 0 Å². The minimum Gasteiger partial charge on any atom is -0.417 e. The summed E-state index contributed by atoms with van der Waals surface area (Å²) in [5, 5.41) is 30.1. The van der Waals surface area contributed by atoms with Gasteiger partial charge in [0.25, 0.3) is 0 Å². The average Bonchev–Trinajstić information content (AvgIpc) is 2.52. The van der Waals surface area contributed by atoms with Crippen molar-refractivity contribution in [2.45, 2.75) is 30.6 Å². The zero-order valence-corrected chi connectivity index (χ0v) is 7.16. The number of hydrogen-bond acceptors (Lipinski definition) is 6. The summed E-state index contributed by atoms with van der Waals surface area (Å²) < 4.78 is 9.71. The molecular formula is C7H11NO6. The molecule has 0 aromatic heterocycles. The Kier molecular flexibility index (Phi) is 2.31. The van der Waals surface area contributed by atoms with Gasteiger partial charge in [-0.05, 0) is 0 Å². The number of rotatable bonds is 1. The van der Waals surface area contributed by atoms with E-state index in [1.165, 1.54) is 0 Å². The van der Waals surface area contributed by atoms with Crippen molar-refractivity contribution in [3.63, 3.8) is 0 Å². The fourth-order valence-corrected chi connectivity index (χ4v) is 1.61. The van der Waals surface area contributed by atoms with E-state index >= 15 is 0 Å². The van der Waals surface area contributed by atoms with Crippen molar-refractivity contribution in [1.29, 1.82) is 0 Å². The predicted octanol–water partition coefficient (Wildman–Crippen LogP) is -2.47. The van der Waals surface area contributed by atoms with Gasteiger partial charge < -0.3 is 30.1 Å². The summed E-state index contributed by atoms with van der Waals surface area (Å²) in [7, 11) is 0. The molecule has 80 valence electrons. The SMILES string of the molecule is O=C1NC2C(O1)OC(CO)C(O)C2O. The molecule has 7 heteroatoms. The number of alkyl carbamates (subject to hydrolysis) is 1. The van der Waals surface area contributed by atoms with E-state index in [1.54, 1.807) is 0 Å². The highest BCUT2D eigenvalue weighted by molar-refractivity contribution is 5.70. The molecule has 14 heavy (non-hydrogen) atoms. The van der Waals surface area contributed by atoms with Gasteiger partial charge in [0.05, 0.1) is 6.61 Å². The van der Waals surface area contributed by atoms with Crippen molar-refractivity contribution in [2.24, 2.45) is 0 Å². The standard InChI is InChI=1S/C7H11NO6/c9-1-2-4(10)5(11)3-6(13-2)14-7(12)8-3/h2-6,9-11H,1H2,(H,8,12). The molecule has 0 saturated carbocycles. The highest BCUT2D eigenvalue weighted by atomic mass is 16.7. The number of fused-ring (bicyclic) bond motifs is 1. The van der Waals surface area contributed by atoms with Crippen LogP contribution >= 0.6 is 0 Å². The quantitative estimate of drug-likeness (QED) is 0.378. The molecule has 0 radical (unpaired) electrons. The number of amides is 1. The molecule has 4 N–H and O–H groups in total. The maximum absolute atomic E-state index is 10.8. The molecule has 2 heterocycles. The first-order chi connectivity index (χ1) is 6.63. The van der Waals surface area contributed by atoms with Crippen LogP contribution in [0.4, 0.5) is 4.79 Å². The van der Waals surface area contributed by atoms with Gasteiger partial charge in [-0.1, -0.05) is 0 Å². The molecule has 0 bridgehead atoms. The van der Waals surface area contributed by atoms with E-state index in [-0.39, 0.29) is 0 Å². The molecule has 2 fully saturated rings. The topological polar surface area (TPSA) is 108 Å². The van der Waals surface area contributed by atoms with Crippen LogP contribution in [0, 0.1) is 0 Å². The van der Waals surface area contributed by atoms with Gasteiger partial charge in [0.1, 0.15) is 24.4 Å². The van der Waals surface area contributed by atoms with Crippen molar-refractivity contribution in [2.75, 3.05) is 6.61 Å². The number of nitrogens with one attached hydrogen (secondary N) is 1. The Morgan fingerprint density at radius 3 is 2.71 bits per heavy atom. The monoisotopic (exact) mass is 205 g/mol. The van der Waals surface area contributed by atoms with Crippen molar-refractivity contribution in [3.05, 3.63) is 0 Å². The van der Waals surface area contributed by atoms with Crippen LogP contribution < -0.4 is 5.32 Å². The van der Waals surface area contributed by atoms with Gasteiger partial charge in [-0.2, -0.15) is 0 Å². The molecule has 2 rings (SSSR count). The summed E-state index contributed by atoms with van der Waals surface area (Å²) in [5.74, 6) is 0. The predicted molar refractivity (Wildman–Crippen MR) is 41.2 cm³/mol. The molecular weight excluding hydrogens is 194 g/mol. The lowest BCUT2D eigenvalue weighted by atomic mass is 9.98. The van der Waals surface area contributed by atoms with Crippen LogP contribution in [-0.2, 0) is 9.47 Å². The lowest BCUT2D eigenvalue weighted by Gasteiger charge is -2.36. The molecule has 2 aliphatic heterocycles. The zero-order valence-electron chi connectivity index (χ0n) is 7.16. The summed E-state index contributed by atoms with van der Waals surface area (Å²) >= 11 is 0. The fraction of sp³-hybridized carbons (Fsp3) is 0.857. The van der Waals surface area contributed by atoms with Crippen LogP contribution in [-0.4, -0.2) is 58.7 Å². The summed E-state index contributed by atoms with van der Waals surface area (Å²) in [4.78, 5) is 10.8. The van der Waals surface area contributed by atoms with Gasteiger partial charge in [-0.3, -0.25) is 0 Å². The van der Waals surface area contributed by atoms with E-state index in [4.69, 9.17) is 9.84 Å². The van der Waals surface area contributed by atoms with Crippen LogP contribution in [0.1, 0.15) is 0 Å². The first-order valence-electron chi connectivity index (χ1n) is 4.23. The summed E-state index contributed by atoms with van der Waals surface area (Å²) in [6, 6.07) is -0.778. The Labute approximate surface area is 79.2 Å². The molecule has 5 atom stereocenters. The molecule has 0 spiro atoms. The molecule has 2 aliphatic rings. The van der Waals surface area contributed by atoms with E-state index in [2.05, 4.69) is 10.1 Å². The Morgan fingerprint density at radius 2 is 2.07 bits per heavy atom. The van der Waals surface area contributed by atoms with Crippen molar-refractivity contribution in [1.82, 2.24) is 5.32 Å². The van der Waals surface area contributed by atoms with Crippen LogP contribution in [0.2, 0.25) is 0 Å². The highest BCUT2D eigenvalue weighted by Crippen LogP contribution is 2.25. The van der Waals surface area contributed by atoms with Crippen molar-refractivity contribution < 1.29 is 29.6 Å². The average molecular weight is 205 g/mol. The molecule has 7 nitrogen and oxygen atoms in total. The fourth-order valence-electron chi connectivity index (χ4n) is 1.61. The summed E-state index contributed by atoms with van der Waals surface area (Å²) in [6.45, 7) is -0.445. The third kappa shape index (κ3) is 1.34. The Morgan fingerprint density at radius 1 is 1.36 bits per heavy atom. The van der Waals surface area contributed by atoms with Gasteiger partial charge in [-0.15, -0.1) is 0 Å². The third-order valence-electron chi connectivity index (χ3n) is 2.39. The van der Waals surface area contributed by atoms with Crippen LogP contribution in [0.3, 0.4) is 0 Å². The highest BCUT2D eigenvalue weighted by Gasteiger charge is 2.50. The number of ether oxygens (including phenoxy) is 2. The van der Waals surface area contributed by atoms with Gasteiger partial charge in [0, 0.05) is 0 Å². The van der Waals surface area contributed by atoms with Gasteiger partial charge >= 0.3 is 6.09 Å². The van der Waals surface area contributed by atoms with Crippen molar-refractivity contribution >= 4 is 6.09 Å². The molecule has 0 aliphatic carbocycles. The Balaban J connectivity index is 2.13. The lowest BCUT2D eigenvalue weighted by Crippen LogP contribution is -2.60. The second-order valence-electron chi connectivity index (χ2n) is 3.28. The number of aliphatic hydroxyl groups is 3.